The van der Waals surface area contributed by atoms with Crippen LogP contribution in [0.1, 0.15) is 0 Å². The molecule has 0 unspecified atom stereocenters. The summed E-state index contributed by atoms with van der Waals surface area (Å²) in [6.45, 7) is 0. The zero-order valence-electron chi connectivity index (χ0n) is 13.1. The standard InChI is InChI=1S/C19H11BrClFN2O2/c20-11-7-8-13(22)15(18(11)26)16-14-6-1-2-9-24(14)19(23-16)10-4-3-5-12(21)17(10)25/h1-9,25-26H. The number of hydrogen-bond acceptors (Lipinski definition) is 3. The van der Waals surface area contributed by atoms with Crippen LogP contribution < -0.4 is 0 Å². The predicted octanol–water partition coefficient (Wildman–Crippen LogP) is 5.63. The van der Waals surface area contributed by atoms with Crippen LogP contribution in [0.2, 0.25) is 5.02 Å². The van der Waals surface area contributed by atoms with Crippen LogP contribution in [0.4, 0.5) is 4.39 Å². The molecule has 0 fully saturated rings. The average Bonchev–Trinajstić information content (AvgIpc) is 3.00. The SMILES string of the molecule is Oc1c(Cl)cccc1-c1nc(-c2c(F)ccc(Br)c2O)c2ccccn12. The molecule has 2 aromatic heterocycles. The normalized spacial score (nSPS) is 11.2. The van der Waals surface area contributed by atoms with Crippen LogP contribution in [0.15, 0.2) is 59.2 Å². The third-order valence-corrected chi connectivity index (χ3v) is 5.04. The lowest BCUT2D eigenvalue weighted by Gasteiger charge is -2.06. The van der Waals surface area contributed by atoms with Crippen LogP contribution in [0.25, 0.3) is 28.2 Å². The minimum Gasteiger partial charge on any atom is -0.506 e. The Morgan fingerprint density at radius 2 is 1.81 bits per heavy atom. The molecule has 2 N–H and O–H groups in total. The fraction of sp³-hybridized carbons (Fsp3) is 0. The van der Waals surface area contributed by atoms with Crippen molar-refractivity contribution in [1.82, 2.24) is 9.38 Å². The van der Waals surface area contributed by atoms with Crippen molar-refractivity contribution in [2.75, 3.05) is 0 Å². The van der Waals surface area contributed by atoms with Gasteiger partial charge in [0.1, 0.15) is 28.8 Å². The Morgan fingerprint density at radius 1 is 1.00 bits per heavy atom. The lowest BCUT2D eigenvalue weighted by Crippen LogP contribution is -1.89. The molecule has 7 heteroatoms. The van der Waals surface area contributed by atoms with Crippen molar-refractivity contribution in [3.63, 3.8) is 0 Å². The van der Waals surface area contributed by atoms with E-state index in [0.717, 1.165) is 0 Å². The van der Waals surface area contributed by atoms with Gasteiger partial charge in [0, 0.05) is 6.20 Å². The number of halogens is 3. The lowest BCUT2D eigenvalue weighted by atomic mass is 10.1. The maximum absolute atomic E-state index is 14.5. The Hall–Kier alpha value is -2.57. The number of benzene rings is 2. The first kappa shape index (κ1) is 16.9. The van der Waals surface area contributed by atoms with Crippen molar-refractivity contribution in [1.29, 1.82) is 0 Å². The van der Waals surface area contributed by atoms with Crippen LogP contribution in [0, 0.1) is 5.82 Å². The molecular weight excluding hydrogens is 423 g/mol. The molecule has 4 nitrogen and oxygen atoms in total. The quantitative estimate of drug-likeness (QED) is 0.430. The largest absolute Gasteiger partial charge is 0.506 e. The Bertz CT molecular complexity index is 1160. The summed E-state index contributed by atoms with van der Waals surface area (Å²) in [4.78, 5) is 4.52. The molecule has 4 rings (SSSR count). The molecule has 2 heterocycles. The highest BCUT2D eigenvalue weighted by molar-refractivity contribution is 9.10. The Kier molecular flexibility index (Phi) is 4.09. The van der Waals surface area contributed by atoms with E-state index in [2.05, 4.69) is 20.9 Å². The van der Waals surface area contributed by atoms with Gasteiger partial charge in [0.05, 0.1) is 26.1 Å². The summed E-state index contributed by atoms with van der Waals surface area (Å²) in [5, 5.41) is 20.9. The fourth-order valence-corrected chi connectivity index (χ4v) is 3.38. The first-order chi connectivity index (χ1) is 12.5. The van der Waals surface area contributed by atoms with E-state index in [9.17, 15) is 14.6 Å². The number of rotatable bonds is 2. The molecule has 0 aliphatic carbocycles. The highest BCUT2D eigenvalue weighted by atomic mass is 79.9. The van der Waals surface area contributed by atoms with Gasteiger partial charge in [-0.15, -0.1) is 0 Å². The molecule has 0 atom stereocenters. The number of fused-ring (bicyclic) bond motifs is 1. The molecule has 0 radical (unpaired) electrons. The third-order valence-electron chi connectivity index (χ3n) is 4.09. The number of aromatic hydroxyl groups is 2. The third kappa shape index (κ3) is 2.53. The molecule has 0 bridgehead atoms. The number of imidazole rings is 1. The molecule has 2 aromatic carbocycles. The van der Waals surface area contributed by atoms with Crippen molar-refractivity contribution in [3.05, 3.63) is 70.0 Å². The summed E-state index contributed by atoms with van der Waals surface area (Å²) in [5.41, 5.74) is 1.22. The van der Waals surface area contributed by atoms with E-state index in [0.29, 0.717) is 21.4 Å². The van der Waals surface area contributed by atoms with Gasteiger partial charge in [0.25, 0.3) is 0 Å². The number of nitrogens with zero attached hydrogens (tertiary/aromatic N) is 2. The highest BCUT2D eigenvalue weighted by Gasteiger charge is 2.22. The molecule has 0 saturated carbocycles. The minimum atomic E-state index is -0.601. The van der Waals surface area contributed by atoms with Crippen molar-refractivity contribution in [2.45, 2.75) is 0 Å². The Morgan fingerprint density at radius 3 is 2.62 bits per heavy atom. The summed E-state index contributed by atoms with van der Waals surface area (Å²) in [7, 11) is 0. The van der Waals surface area contributed by atoms with E-state index in [1.807, 2.05) is 0 Å². The van der Waals surface area contributed by atoms with Crippen LogP contribution in [-0.2, 0) is 0 Å². The summed E-state index contributed by atoms with van der Waals surface area (Å²) < 4.78 is 16.6. The van der Waals surface area contributed by atoms with Crippen LogP contribution in [0.3, 0.4) is 0 Å². The van der Waals surface area contributed by atoms with Gasteiger partial charge in [-0.3, -0.25) is 4.40 Å². The molecule has 0 aliphatic rings. The molecule has 4 aromatic rings. The van der Waals surface area contributed by atoms with Gasteiger partial charge in [-0.25, -0.2) is 9.37 Å². The van der Waals surface area contributed by atoms with Gasteiger partial charge in [0.2, 0.25) is 0 Å². The smallest absolute Gasteiger partial charge is 0.149 e. The Balaban J connectivity index is 2.09. The van der Waals surface area contributed by atoms with Gasteiger partial charge in [-0.1, -0.05) is 23.7 Å². The topological polar surface area (TPSA) is 57.8 Å². The van der Waals surface area contributed by atoms with E-state index in [1.54, 1.807) is 47.0 Å². The fourth-order valence-electron chi connectivity index (χ4n) is 2.87. The molecule has 0 aliphatic heterocycles. The molecule has 0 saturated heterocycles. The second-order valence-electron chi connectivity index (χ2n) is 5.63. The molecule has 26 heavy (non-hydrogen) atoms. The van der Waals surface area contributed by atoms with Crippen LogP contribution in [-0.4, -0.2) is 19.6 Å². The highest BCUT2D eigenvalue weighted by Crippen LogP contribution is 2.42. The van der Waals surface area contributed by atoms with Gasteiger partial charge >= 0.3 is 0 Å². The molecule has 130 valence electrons. The number of para-hydroxylation sites is 1. The zero-order valence-corrected chi connectivity index (χ0v) is 15.5. The number of phenols is 2. The minimum absolute atomic E-state index is 0.0177. The van der Waals surface area contributed by atoms with Gasteiger partial charge in [0.15, 0.2) is 0 Å². The second-order valence-corrected chi connectivity index (χ2v) is 6.89. The van der Waals surface area contributed by atoms with Gasteiger partial charge < -0.3 is 10.2 Å². The van der Waals surface area contributed by atoms with Crippen molar-refractivity contribution in [3.8, 4) is 34.1 Å². The van der Waals surface area contributed by atoms with Crippen molar-refractivity contribution in [2.24, 2.45) is 0 Å². The van der Waals surface area contributed by atoms with E-state index < -0.39 is 5.82 Å². The van der Waals surface area contributed by atoms with Crippen molar-refractivity contribution >= 4 is 33.0 Å². The molecular formula is C19H11BrClFN2O2. The maximum Gasteiger partial charge on any atom is 0.149 e. The second kappa shape index (κ2) is 6.30. The number of aromatic nitrogens is 2. The van der Waals surface area contributed by atoms with E-state index in [4.69, 9.17) is 11.6 Å². The lowest BCUT2D eigenvalue weighted by molar-refractivity contribution is 0.468. The van der Waals surface area contributed by atoms with E-state index >= 15 is 0 Å². The zero-order chi connectivity index (χ0) is 18.4. The van der Waals surface area contributed by atoms with Crippen LogP contribution >= 0.6 is 27.5 Å². The number of pyridine rings is 1. The monoisotopic (exact) mass is 432 g/mol. The first-order valence-electron chi connectivity index (χ1n) is 7.61. The average molecular weight is 434 g/mol. The molecule has 0 spiro atoms. The Labute approximate surface area is 161 Å². The van der Waals surface area contributed by atoms with Gasteiger partial charge in [-0.05, 0) is 52.3 Å². The van der Waals surface area contributed by atoms with Crippen molar-refractivity contribution < 1.29 is 14.6 Å². The predicted molar refractivity (Wildman–Crippen MR) is 102 cm³/mol. The number of phenolic OH excluding ortho intramolecular Hbond substituents is 2. The summed E-state index contributed by atoms with van der Waals surface area (Å²) in [5.74, 6) is -0.572. The summed E-state index contributed by atoms with van der Waals surface area (Å²) >= 11 is 9.22. The van der Waals surface area contributed by atoms with E-state index in [1.165, 1.54) is 12.1 Å². The number of hydrogen-bond donors (Lipinski definition) is 2. The first-order valence-corrected chi connectivity index (χ1v) is 8.78. The summed E-state index contributed by atoms with van der Waals surface area (Å²) in [6, 6.07) is 12.9. The van der Waals surface area contributed by atoms with E-state index in [-0.39, 0.29) is 27.8 Å². The summed E-state index contributed by atoms with van der Waals surface area (Å²) in [6.07, 6.45) is 1.74. The molecule has 0 amide bonds. The maximum atomic E-state index is 14.5. The van der Waals surface area contributed by atoms with Gasteiger partial charge in [-0.2, -0.15) is 0 Å². The van der Waals surface area contributed by atoms with Crippen LogP contribution in [0.5, 0.6) is 11.5 Å².